The Morgan fingerprint density at radius 2 is 2.12 bits per heavy atom. The molecule has 0 fully saturated rings. The minimum atomic E-state index is -3.46. The highest BCUT2D eigenvalue weighted by atomic mass is 32.2. The van der Waals surface area contributed by atoms with E-state index >= 15 is 0 Å². The number of nitrogens with zero attached hydrogens (tertiary/aromatic N) is 1. The first kappa shape index (κ1) is 17.1. The van der Waals surface area contributed by atoms with Crippen LogP contribution in [0, 0.1) is 0 Å². The van der Waals surface area contributed by atoms with Crippen LogP contribution in [0.1, 0.15) is 22.4 Å². The van der Waals surface area contributed by atoms with Gasteiger partial charge in [-0.25, -0.2) is 13.1 Å². The number of fused-ring (bicyclic) bond motifs is 1. The largest absolute Gasteiger partial charge is 0.338 e. The van der Waals surface area contributed by atoms with Crippen LogP contribution < -0.4 is 4.72 Å². The van der Waals surface area contributed by atoms with Crippen LogP contribution in [-0.4, -0.2) is 32.8 Å². The number of aryl methyl sites for hydroxylation is 1. The number of rotatable bonds is 5. The van der Waals surface area contributed by atoms with Crippen molar-refractivity contribution in [3.05, 3.63) is 51.7 Å². The highest BCUT2D eigenvalue weighted by Gasteiger charge is 2.22. The average molecular weight is 364 g/mol. The molecule has 0 saturated heterocycles. The van der Waals surface area contributed by atoms with Gasteiger partial charge in [-0.2, -0.15) is 0 Å². The predicted octanol–water partition coefficient (Wildman–Crippen LogP) is 2.17. The van der Waals surface area contributed by atoms with Crippen molar-refractivity contribution in [1.82, 2.24) is 9.62 Å². The summed E-state index contributed by atoms with van der Waals surface area (Å²) in [4.78, 5) is 15.7. The van der Waals surface area contributed by atoms with E-state index in [-0.39, 0.29) is 10.8 Å². The zero-order chi connectivity index (χ0) is 17.2. The molecule has 0 spiro atoms. The van der Waals surface area contributed by atoms with Crippen LogP contribution in [0.5, 0.6) is 0 Å². The number of amides is 1. The number of benzene rings is 1. The SMILES string of the molecule is CNS(=O)(=O)c1ccc2c(c1)CN(C(=O)CCc1cccs1)CC2. The first-order chi connectivity index (χ1) is 11.5. The van der Waals surface area contributed by atoms with Gasteiger partial charge in [0.25, 0.3) is 0 Å². The standard InChI is InChI=1S/C17H20N2O3S2/c1-18-24(21,22)16-6-4-13-8-9-19(12-14(13)11-16)17(20)7-5-15-3-2-10-23-15/h2-4,6,10-11,18H,5,7-9,12H2,1H3. The minimum Gasteiger partial charge on any atom is -0.338 e. The lowest BCUT2D eigenvalue weighted by Gasteiger charge is -2.29. The predicted molar refractivity (Wildman–Crippen MR) is 94.4 cm³/mol. The molecule has 0 bridgehead atoms. The molecule has 2 heterocycles. The second-order valence-electron chi connectivity index (χ2n) is 5.78. The summed E-state index contributed by atoms with van der Waals surface area (Å²) >= 11 is 1.66. The summed E-state index contributed by atoms with van der Waals surface area (Å²) in [6.45, 7) is 1.17. The zero-order valence-corrected chi connectivity index (χ0v) is 15.1. The van der Waals surface area contributed by atoms with Crippen molar-refractivity contribution in [2.24, 2.45) is 0 Å². The molecule has 1 aromatic heterocycles. The monoisotopic (exact) mass is 364 g/mol. The molecule has 1 amide bonds. The lowest BCUT2D eigenvalue weighted by atomic mass is 9.99. The Kier molecular flexibility index (Phi) is 5.03. The van der Waals surface area contributed by atoms with Gasteiger partial charge >= 0.3 is 0 Å². The van der Waals surface area contributed by atoms with Crippen LogP contribution in [-0.2, 0) is 34.2 Å². The maximum atomic E-state index is 12.4. The molecule has 1 aliphatic heterocycles. The molecule has 0 radical (unpaired) electrons. The molecule has 2 aromatic rings. The molecule has 0 atom stereocenters. The van der Waals surface area contributed by atoms with Gasteiger partial charge in [0.1, 0.15) is 0 Å². The van der Waals surface area contributed by atoms with Gasteiger partial charge in [-0.1, -0.05) is 12.1 Å². The number of carbonyl (C=O) groups excluding carboxylic acids is 1. The number of nitrogens with one attached hydrogen (secondary N) is 1. The normalized spacial score (nSPS) is 14.5. The molecule has 1 aromatic carbocycles. The Hall–Kier alpha value is -1.70. The summed E-state index contributed by atoms with van der Waals surface area (Å²) in [5.74, 6) is 0.121. The van der Waals surface area contributed by atoms with E-state index in [1.807, 2.05) is 28.5 Å². The third-order valence-corrected chi connectivity index (χ3v) is 6.64. The first-order valence-electron chi connectivity index (χ1n) is 7.85. The summed E-state index contributed by atoms with van der Waals surface area (Å²) in [5, 5.41) is 2.01. The topological polar surface area (TPSA) is 66.5 Å². The lowest BCUT2D eigenvalue weighted by molar-refractivity contribution is -0.132. The molecule has 0 unspecified atom stereocenters. The Balaban J connectivity index is 1.71. The van der Waals surface area contributed by atoms with Crippen LogP contribution in [0.4, 0.5) is 0 Å². The van der Waals surface area contributed by atoms with Gasteiger partial charge in [0.15, 0.2) is 0 Å². The highest BCUT2D eigenvalue weighted by molar-refractivity contribution is 7.89. The molecule has 1 aliphatic rings. The first-order valence-corrected chi connectivity index (χ1v) is 10.2. The van der Waals surface area contributed by atoms with Gasteiger partial charge in [0, 0.05) is 24.4 Å². The summed E-state index contributed by atoms with van der Waals surface area (Å²) in [6, 6.07) is 9.19. The Morgan fingerprint density at radius 1 is 1.29 bits per heavy atom. The molecule has 5 nitrogen and oxygen atoms in total. The second-order valence-corrected chi connectivity index (χ2v) is 8.70. The third-order valence-electron chi connectivity index (χ3n) is 4.29. The summed E-state index contributed by atoms with van der Waals surface area (Å²) < 4.78 is 26.2. The van der Waals surface area contributed by atoms with Crippen molar-refractivity contribution in [2.75, 3.05) is 13.6 Å². The maximum Gasteiger partial charge on any atom is 0.240 e. The molecule has 0 aliphatic carbocycles. The molecule has 128 valence electrons. The molecule has 3 rings (SSSR count). The molecular weight excluding hydrogens is 344 g/mol. The maximum absolute atomic E-state index is 12.4. The Bertz CT molecular complexity index is 830. The molecule has 0 saturated carbocycles. The number of sulfonamides is 1. The van der Waals surface area contributed by atoms with E-state index < -0.39 is 10.0 Å². The van der Waals surface area contributed by atoms with Crippen molar-refractivity contribution < 1.29 is 13.2 Å². The van der Waals surface area contributed by atoms with Crippen molar-refractivity contribution in [3.63, 3.8) is 0 Å². The fourth-order valence-corrected chi connectivity index (χ4v) is 4.36. The summed E-state index contributed by atoms with van der Waals surface area (Å²) in [6.07, 6.45) is 2.01. The number of hydrogen-bond acceptors (Lipinski definition) is 4. The van der Waals surface area contributed by atoms with Gasteiger partial charge in [-0.15, -0.1) is 11.3 Å². The smallest absolute Gasteiger partial charge is 0.240 e. The fraction of sp³-hybridized carbons (Fsp3) is 0.353. The van der Waals surface area contributed by atoms with Gasteiger partial charge in [0.2, 0.25) is 15.9 Å². The van der Waals surface area contributed by atoms with E-state index in [2.05, 4.69) is 4.72 Å². The van der Waals surface area contributed by atoms with Crippen molar-refractivity contribution in [3.8, 4) is 0 Å². The Morgan fingerprint density at radius 3 is 2.83 bits per heavy atom. The van der Waals surface area contributed by atoms with E-state index in [4.69, 9.17) is 0 Å². The quantitative estimate of drug-likeness (QED) is 0.884. The zero-order valence-electron chi connectivity index (χ0n) is 13.5. The van der Waals surface area contributed by atoms with E-state index in [9.17, 15) is 13.2 Å². The van der Waals surface area contributed by atoms with Gasteiger partial charge in [0.05, 0.1) is 4.90 Å². The highest BCUT2D eigenvalue weighted by Crippen LogP contribution is 2.23. The van der Waals surface area contributed by atoms with Crippen molar-refractivity contribution in [1.29, 1.82) is 0 Å². The van der Waals surface area contributed by atoms with Crippen LogP contribution >= 0.6 is 11.3 Å². The number of carbonyl (C=O) groups is 1. The molecule has 24 heavy (non-hydrogen) atoms. The Labute approximate surface area is 146 Å². The number of hydrogen-bond donors (Lipinski definition) is 1. The van der Waals surface area contributed by atoms with Crippen LogP contribution in [0.25, 0.3) is 0 Å². The average Bonchev–Trinajstić information content (AvgIpc) is 3.12. The second kappa shape index (κ2) is 7.04. The van der Waals surface area contributed by atoms with Gasteiger partial charge in [-0.3, -0.25) is 4.79 Å². The van der Waals surface area contributed by atoms with E-state index in [0.717, 1.165) is 24.0 Å². The van der Waals surface area contributed by atoms with E-state index in [1.165, 1.54) is 11.9 Å². The van der Waals surface area contributed by atoms with Crippen LogP contribution in [0.15, 0.2) is 40.6 Å². The summed E-state index contributed by atoms with van der Waals surface area (Å²) in [5.41, 5.74) is 2.04. The van der Waals surface area contributed by atoms with Crippen LogP contribution in [0.3, 0.4) is 0 Å². The van der Waals surface area contributed by atoms with E-state index in [0.29, 0.717) is 19.5 Å². The molecule has 1 N–H and O–H groups in total. The fourth-order valence-electron chi connectivity index (χ4n) is 2.87. The van der Waals surface area contributed by atoms with Crippen LogP contribution in [0.2, 0.25) is 0 Å². The molecular formula is C17H20N2O3S2. The van der Waals surface area contributed by atoms with Crippen molar-refractivity contribution in [2.45, 2.75) is 30.7 Å². The number of thiophene rings is 1. The van der Waals surface area contributed by atoms with Crippen molar-refractivity contribution >= 4 is 27.3 Å². The van der Waals surface area contributed by atoms with Gasteiger partial charge in [-0.05, 0) is 54.6 Å². The lowest BCUT2D eigenvalue weighted by Crippen LogP contribution is -2.36. The summed E-state index contributed by atoms with van der Waals surface area (Å²) in [7, 11) is -2.06. The molecule has 7 heteroatoms. The van der Waals surface area contributed by atoms with E-state index in [1.54, 1.807) is 23.5 Å². The van der Waals surface area contributed by atoms with Gasteiger partial charge < -0.3 is 4.90 Å². The minimum absolute atomic E-state index is 0.121. The third kappa shape index (κ3) is 3.68.